The van der Waals surface area contributed by atoms with Crippen LogP contribution in [-0.2, 0) is 11.3 Å². The molecule has 2 aromatic rings. The Balaban J connectivity index is 0.00000363. The van der Waals surface area contributed by atoms with Crippen molar-refractivity contribution in [2.24, 2.45) is 4.99 Å². The van der Waals surface area contributed by atoms with E-state index in [0.717, 1.165) is 35.0 Å². The van der Waals surface area contributed by atoms with Gasteiger partial charge in [0, 0.05) is 18.5 Å². The molecule has 0 amide bonds. The Morgan fingerprint density at radius 3 is 2.84 bits per heavy atom. The maximum atomic E-state index is 12.1. The van der Waals surface area contributed by atoms with E-state index in [4.69, 9.17) is 19.2 Å². The van der Waals surface area contributed by atoms with E-state index in [-0.39, 0.29) is 36.0 Å². The zero-order chi connectivity index (χ0) is 22.2. The molecular formula is C22H31IN4O4S. The summed E-state index contributed by atoms with van der Waals surface area (Å²) in [6.45, 7) is 10.4. The molecule has 32 heavy (non-hydrogen) atoms. The molecule has 10 heteroatoms. The third-order valence-corrected chi connectivity index (χ3v) is 5.92. The summed E-state index contributed by atoms with van der Waals surface area (Å²) >= 11 is 1.34. The summed E-state index contributed by atoms with van der Waals surface area (Å²) in [6.07, 6.45) is 0.861. The fraction of sp³-hybridized carbons (Fsp3) is 0.500. The number of hydrogen-bond acceptors (Lipinski definition) is 7. The molecule has 0 fully saturated rings. The van der Waals surface area contributed by atoms with E-state index in [1.165, 1.54) is 11.3 Å². The van der Waals surface area contributed by atoms with Crippen molar-refractivity contribution in [2.45, 2.75) is 46.7 Å². The Morgan fingerprint density at radius 1 is 1.31 bits per heavy atom. The first-order valence-electron chi connectivity index (χ1n) is 10.6. The van der Waals surface area contributed by atoms with Gasteiger partial charge in [0.1, 0.15) is 9.88 Å². The van der Waals surface area contributed by atoms with Crippen LogP contribution in [0, 0.1) is 6.92 Å². The van der Waals surface area contributed by atoms with Crippen LogP contribution in [0.15, 0.2) is 23.2 Å². The molecule has 0 radical (unpaired) electrons. The van der Waals surface area contributed by atoms with Crippen molar-refractivity contribution < 1.29 is 19.0 Å². The second-order valence-electron chi connectivity index (χ2n) is 7.04. The number of halogens is 1. The average Bonchev–Trinajstić information content (AvgIpc) is 2.98. The number of rotatable bonds is 7. The number of para-hydroxylation sites is 1. The monoisotopic (exact) mass is 574 g/mol. The molecular weight excluding hydrogens is 543 g/mol. The second-order valence-corrected chi connectivity index (χ2v) is 8.07. The summed E-state index contributed by atoms with van der Waals surface area (Å²) in [5, 5.41) is 7.44. The molecule has 0 saturated carbocycles. The first-order valence-corrected chi connectivity index (χ1v) is 11.4. The molecule has 2 N–H and O–H groups in total. The number of aliphatic imine (C=N–C) groups is 1. The summed E-state index contributed by atoms with van der Waals surface area (Å²) in [7, 11) is 0. The first kappa shape index (κ1) is 26.2. The lowest BCUT2D eigenvalue weighted by atomic mass is 10.2. The van der Waals surface area contributed by atoms with Crippen molar-refractivity contribution in [3.8, 4) is 11.5 Å². The Hall–Kier alpha value is -2.08. The normalized spacial score (nSPS) is 14.1. The van der Waals surface area contributed by atoms with Gasteiger partial charge < -0.3 is 24.8 Å². The Kier molecular flexibility index (Phi) is 10.5. The summed E-state index contributed by atoms with van der Waals surface area (Å²) in [4.78, 5) is 21.9. The van der Waals surface area contributed by atoms with Crippen LogP contribution in [0.3, 0.4) is 0 Å². The second kappa shape index (κ2) is 12.8. The number of carbonyl (C=O) groups excluding carboxylic acids is 1. The number of thiazole rings is 1. The van der Waals surface area contributed by atoms with Gasteiger partial charge in [-0.15, -0.1) is 35.3 Å². The predicted molar refractivity (Wildman–Crippen MR) is 137 cm³/mol. The molecule has 2 heterocycles. The number of ether oxygens (including phenoxy) is 3. The van der Waals surface area contributed by atoms with Gasteiger partial charge >= 0.3 is 5.97 Å². The van der Waals surface area contributed by atoms with Gasteiger partial charge in [0.2, 0.25) is 0 Å². The summed E-state index contributed by atoms with van der Waals surface area (Å²) < 4.78 is 16.8. The molecule has 1 aliphatic rings. The van der Waals surface area contributed by atoms with E-state index in [1.54, 1.807) is 6.92 Å². The highest BCUT2D eigenvalue weighted by Gasteiger charge is 2.20. The fourth-order valence-corrected chi connectivity index (χ4v) is 4.08. The van der Waals surface area contributed by atoms with Crippen molar-refractivity contribution in [1.29, 1.82) is 0 Å². The number of fused-ring (bicyclic) bond motifs is 1. The van der Waals surface area contributed by atoms with Crippen molar-refractivity contribution in [3.63, 3.8) is 0 Å². The number of esters is 1. The zero-order valence-electron chi connectivity index (χ0n) is 18.9. The minimum atomic E-state index is -0.330. The number of nitrogens with zero attached hydrogens (tertiary/aromatic N) is 2. The van der Waals surface area contributed by atoms with Crippen molar-refractivity contribution in [2.75, 3.05) is 26.4 Å². The van der Waals surface area contributed by atoms with Crippen molar-refractivity contribution >= 4 is 47.2 Å². The lowest BCUT2D eigenvalue weighted by Gasteiger charge is -2.16. The van der Waals surface area contributed by atoms with Crippen molar-refractivity contribution in [1.82, 2.24) is 15.6 Å². The van der Waals surface area contributed by atoms with Crippen LogP contribution in [0.4, 0.5) is 0 Å². The lowest BCUT2D eigenvalue weighted by Crippen LogP contribution is -2.38. The van der Waals surface area contributed by atoms with E-state index in [2.05, 4.69) is 15.6 Å². The van der Waals surface area contributed by atoms with Crippen LogP contribution in [0.25, 0.3) is 0 Å². The number of carbonyl (C=O) groups is 1. The molecule has 0 bridgehead atoms. The molecule has 1 aromatic carbocycles. The average molecular weight is 574 g/mol. The summed E-state index contributed by atoms with van der Waals surface area (Å²) in [5.41, 5.74) is 1.65. The van der Waals surface area contributed by atoms with Gasteiger partial charge in [-0.1, -0.05) is 12.1 Å². The molecule has 0 saturated heterocycles. The highest BCUT2D eigenvalue weighted by molar-refractivity contribution is 14.0. The van der Waals surface area contributed by atoms with Crippen LogP contribution < -0.4 is 20.1 Å². The number of aromatic nitrogens is 1. The SMILES string of the molecule is CCNC(=NCc1cccc2c1OCCCO2)NC(C)c1nc(C)c(C(=O)OCC)s1.I. The fourth-order valence-electron chi connectivity index (χ4n) is 3.12. The molecule has 1 aliphatic heterocycles. The molecule has 0 aliphatic carbocycles. The standard InChI is InChI=1S/C22H30N4O4S.HI/c1-5-23-22(24-13-16-9-7-10-17-18(16)30-12-8-11-29-17)26-15(4)20-25-14(3)19(31-20)21(27)28-6-2;/h7,9-10,15H,5-6,8,11-13H2,1-4H3,(H2,23,24,26);1H. The van der Waals surface area contributed by atoms with Crippen molar-refractivity contribution in [3.05, 3.63) is 39.3 Å². The maximum absolute atomic E-state index is 12.1. The minimum absolute atomic E-state index is 0. The summed E-state index contributed by atoms with van der Waals surface area (Å²) in [5.74, 6) is 1.86. The molecule has 8 nitrogen and oxygen atoms in total. The lowest BCUT2D eigenvalue weighted by molar-refractivity contribution is 0.0531. The number of nitrogens with one attached hydrogen (secondary N) is 2. The van der Waals surface area contributed by atoms with E-state index >= 15 is 0 Å². The molecule has 1 atom stereocenters. The van der Waals surface area contributed by atoms with E-state index < -0.39 is 0 Å². The number of benzene rings is 1. The molecule has 3 rings (SSSR count). The smallest absolute Gasteiger partial charge is 0.350 e. The molecule has 1 aromatic heterocycles. The maximum Gasteiger partial charge on any atom is 0.350 e. The third kappa shape index (κ3) is 6.71. The third-order valence-electron chi connectivity index (χ3n) is 4.60. The van der Waals surface area contributed by atoms with Gasteiger partial charge in [-0.3, -0.25) is 0 Å². The van der Waals surface area contributed by atoms with Gasteiger partial charge in [-0.2, -0.15) is 0 Å². The van der Waals surface area contributed by atoms with E-state index in [1.807, 2.05) is 39.0 Å². The minimum Gasteiger partial charge on any atom is -0.490 e. The highest BCUT2D eigenvalue weighted by Crippen LogP contribution is 2.33. The Labute approximate surface area is 210 Å². The summed E-state index contributed by atoms with van der Waals surface area (Å²) in [6, 6.07) is 5.75. The first-order chi connectivity index (χ1) is 15.0. The number of hydrogen-bond donors (Lipinski definition) is 2. The number of aryl methyl sites for hydroxylation is 1. The molecule has 1 unspecified atom stereocenters. The Morgan fingerprint density at radius 2 is 2.09 bits per heavy atom. The predicted octanol–water partition coefficient (Wildman–Crippen LogP) is 4.22. The van der Waals surface area contributed by atoms with Gasteiger partial charge in [-0.05, 0) is 33.8 Å². The topological polar surface area (TPSA) is 94.1 Å². The van der Waals surface area contributed by atoms with Gasteiger partial charge in [0.25, 0.3) is 0 Å². The largest absolute Gasteiger partial charge is 0.490 e. The van der Waals surface area contributed by atoms with E-state index in [0.29, 0.717) is 42.9 Å². The Bertz CT molecular complexity index is 935. The molecule has 0 spiro atoms. The van der Waals surface area contributed by atoms with Crippen LogP contribution in [0.2, 0.25) is 0 Å². The van der Waals surface area contributed by atoms with Gasteiger partial charge in [0.15, 0.2) is 17.5 Å². The van der Waals surface area contributed by atoms with Crippen LogP contribution in [-0.4, -0.2) is 43.3 Å². The molecule has 176 valence electrons. The van der Waals surface area contributed by atoms with E-state index in [9.17, 15) is 4.79 Å². The van der Waals surface area contributed by atoms with Crippen LogP contribution in [0.5, 0.6) is 11.5 Å². The van der Waals surface area contributed by atoms with Crippen LogP contribution >= 0.6 is 35.3 Å². The van der Waals surface area contributed by atoms with Crippen LogP contribution in [0.1, 0.15) is 59.2 Å². The number of guanidine groups is 1. The zero-order valence-corrected chi connectivity index (χ0v) is 22.0. The highest BCUT2D eigenvalue weighted by atomic mass is 127. The quantitative estimate of drug-likeness (QED) is 0.221. The van der Waals surface area contributed by atoms with Gasteiger partial charge in [-0.25, -0.2) is 14.8 Å². The van der Waals surface area contributed by atoms with Gasteiger partial charge in [0.05, 0.1) is 38.1 Å².